The number of ether oxygens (including phenoxy) is 2. The van der Waals surface area contributed by atoms with E-state index >= 15 is 4.39 Å². The molecule has 1 aliphatic carbocycles. The number of hydrogen-bond donors (Lipinski definition) is 1. The molecule has 2 saturated heterocycles. The Labute approximate surface area is 252 Å². The van der Waals surface area contributed by atoms with Crippen LogP contribution in [0.25, 0.3) is 32.9 Å². The average Bonchev–Trinajstić information content (AvgIpc) is 3.52. The molecule has 3 fully saturated rings. The second-order valence-electron chi connectivity index (χ2n) is 11.2. The molecular weight excluding hydrogens is 578 g/mol. The number of nitrogens with zero attached hydrogens (tertiary/aromatic N) is 5. The van der Waals surface area contributed by atoms with Gasteiger partial charge in [0.15, 0.2) is 5.82 Å². The summed E-state index contributed by atoms with van der Waals surface area (Å²) in [4.78, 5) is 18.3. The highest BCUT2D eigenvalue weighted by Gasteiger charge is 2.54. The minimum Gasteiger partial charge on any atom is -0.462 e. The summed E-state index contributed by atoms with van der Waals surface area (Å²) in [6, 6.07) is 7.30. The number of halogens is 3. The first-order valence-corrected chi connectivity index (χ1v) is 14.8. The van der Waals surface area contributed by atoms with Crippen LogP contribution in [-0.4, -0.2) is 77.3 Å². The van der Waals surface area contributed by atoms with E-state index in [1.54, 1.807) is 30.5 Å². The van der Waals surface area contributed by atoms with Gasteiger partial charge in [-0.05, 0) is 50.0 Å². The first kappa shape index (κ1) is 27.4. The Bertz CT molecular complexity index is 1760. The van der Waals surface area contributed by atoms with Crippen molar-refractivity contribution in [3.05, 3.63) is 46.9 Å². The molecule has 8 nitrogen and oxygen atoms in total. The van der Waals surface area contributed by atoms with E-state index in [0.29, 0.717) is 64.8 Å². The zero-order valence-electron chi connectivity index (χ0n) is 23.0. The molecule has 3 aliphatic rings. The van der Waals surface area contributed by atoms with Crippen molar-refractivity contribution in [1.82, 2.24) is 19.9 Å². The first-order valence-electron chi connectivity index (χ1n) is 14.0. The van der Waals surface area contributed by atoms with E-state index in [2.05, 4.69) is 32.7 Å². The molecule has 1 saturated carbocycles. The number of alkyl halides is 1. The van der Waals surface area contributed by atoms with Gasteiger partial charge in [-0.1, -0.05) is 23.6 Å². The van der Waals surface area contributed by atoms with Crippen LogP contribution in [0.1, 0.15) is 18.4 Å². The lowest BCUT2D eigenvalue weighted by atomic mass is 9.96. The molecule has 0 bridgehead atoms. The van der Waals surface area contributed by atoms with E-state index in [0.717, 1.165) is 24.8 Å². The Kier molecular flexibility index (Phi) is 6.98. The number of nitrogen functional groups attached to an aromatic ring is 1. The highest BCUT2D eigenvalue weighted by molar-refractivity contribution is 6.33. The average molecular weight is 608 g/mol. The van der Waals surface area contributed by atoms with Crippen molar-refractivity contribution >= 4 is 56.4 Å². The van der Waals surface area contributed by atoms with E-state index in [1.165, 1.54) is 0 Å². The van der Waals surface area contributed by atoms with Gasteiger partial charge in [0.1, 0.15) is 23.6 Å². The van der Waals surface area contributed by atoms with Crippen molar-refractivity contribution < 1.29 is 13.9 Å². The van der Waals surface area contributed by atoms with Crippen LogP contribution in [0.2, 0.25) is 5.02 Å². The van der Waals surface area contributed by atoms with Gasteiger partial charge in [-0.2, -0.15) is 9.97 Å². The predicted molar refractivity (Wildman–Crippen MR) is 164 cm³/mol. The fourth-order valence-electron chi connectivity index (χ4n) is 6.33. The van der Waals surface area contributed by atoms with Crippen molar-refractivity contribution in [3.8, 4) is 29.6 Å². The van der Waals surface area contributed by atoms with Crippen LogP contribution in [0.15, 0.2) is 30.5 Å². The highest BCUT2D eigenvalue weighted by Crippen LogP contribution is 2.46. The fraction of sp³-hybridized carbons (Fsp3) is 0.387. The third-order valence-corrected chi connectivity index (χ3v) is 9.56. The molecule has 42 heavy (non-hydrogen) atoms. The Balaban J connectivity index is 1.41. The lowest BCUT2D eigenvalue weighted by Crippen LogP contribution is -2.32. The van der Waals surface area contributed by atoms with E-state index < -0.39 is 5.82 Å². The molecule has 2 aromatic carbocycles. The number of nitrogens with two attached hydrogens (primary N) is 1. The summed E-state index contributed by atoms with van der Waals surface area (Å²) >= 11 is 13.1. The van der Waals surface area contributed by atoms with E-state index in [9.17, 15) is 0 Å². The number of hydrogen-bond acceptors (Lipinski definition) is 8. The second kappa shape index (κ2) is 10.7. The molecule has 0 radical (unpaired) electrons. The molecular formula is C31H29Cl2FN6O2. The van der Waals surface area contributed by atoms with Crippen molar-refractivity contribution in [2.24, 2.45) is 5.92 Å². The van der Waals surface area contributed by atoms with Gasteiger partial charge in [0.25, 0.3) is 0 Å². The lowest BCUT2D eigenvalue weighted by Gasteiger charge is -2.25. The van der Waals surface area contributed by atoms with Crippen molar-refractivity contribution in [1.29, 1.82) is 0 Å². The van der Waals surface area contributed by atoms with E-state index in [-0.39, 0.29) is 40.6 Å². The maximum absolute atomic E-state index is 16.7. The van der Waals surface area contributed by atoms with E-state index in [4.69, 9.17) is 49.8 Å². The summed E-state index contributed by atoms with van der Waals surface area (Å²) in [5, 5.41) is 2.08. The summed E-state index contributed by atoms with van der Waals surface area (Å²) in [5.74, 6) is 2.71. The number of fused-ring (bicyclic) bond motifs is 3. The monoisotopic (exact) mass is 606 g/mol. The number of likely N-dealkylation sites (N-methyl/N-ethyl adjacent to an activating group) is 1. The molecule has 0 unspecified atom stereocenters. The van der Waals surface area contributed by atoms with Gasteiger partial charge >= 0.3 is 6.01 Å². The number of anilines is 2. The molecule has 2 aromatic heterocycles. The summed E-state index contributed by atoms with van der Waals surface area (Å²) in [6.07, 6.45) is 9.56. The topological polar surface area (TPSA) is 89.6 Å². The molecule has 0 spiro atoms. The first-order chi connectivity index (χ1) is 20.4. The third kappa shape index (κ3) is 4.58. The predicted octanol–water partition coefficient (Wildman–Crippen LogP) is 5.12. The van der Waals surface area contributed by atoms with Crippen molar-refractivity contribution in [2.45, 2.75) is 30.3 Å². The Hall–Kier alpha value is -3.42. The van der Waals surface area contributed by atoms with Gasteiger partial charge in [-0.15, -0.1) is 18.0 Å². The number of likely N-dealkylation sites (tertiary alicyclic amines) is 1. The van der Waals surface area contributed by atoms with Crippen LogP contribution < -0.4 is 15.4 Å². The molecule has 4 atom stereocenters. The molecule has 2 N–H and O–H groups in total. The van der Waals surface area contributed by atoms with Crippen LogP contribution in [0.3, 0.4) is 0 Å². The maximum Gasteiger partial charge on any atom is 0.319 e. The third-order valence-electron chi connectivity index (χ3n) is 8.66. The standard InChI is InChI=1S/C31H29Cl2FN6O2/c1-3-19-23(32)7-6-16-11-17(35)12-20(24(16)19)27-26(34)28-21(13-36-27)30(40-9-10-41-15-22-25(33)29(22)40)38-31(37-28)42-14-18-5-4-8-39(18)2/h1,6-7,11-13,18,22,25,29H,4-5,8-10,14-15,35H2,2H3/t18-,22+,25+,29+/m0/s1. The second-order valence-corrected chi connectivity index (χ2v) is 12.1. The number of benzene rings is 2. The normalized spacial score (nSPS) is 24.0. The van der Waals surface area contributed by atoms with Gasteiger partial charge < -0.3 is 25.0 Å². The summed E-state index contributed by atoms with van der Waals surface area (Å²) in [6.45, 7) is 3.04. The Morgan fingerprint density at radius 2 is 2.12 bits per heavy atom. The molecule has 216 valence electrons. The molecule has 0 amide bonds. The summed E-state index contributed by atoms with van der Waals surface area (Å²) in [5.41, 5.74) is 7.70. The van der Waals surface area contributed by atoms with Gasteiger partial charge in [0, 0.05) is 41.3 Å². The zero-order chi connectivity index (χ0) is 29.1. The van der Waals surface area contributed by atoms with Gasteiger partial charge in [0.2, 0.25) is 0 Å². The number of terminal acetylenes is 1. The highest BCUT2D eigenvalue weighted by atomic mass is 35.5. The molecule has 7 rings (SSSR count). The fourth-order valence-corrected chi connectivity index (χ4v) is 7.01. The van der Waals surface area contributed by atoms with Crippen LogP contribution in [0.4, 0.5) is 15.9 Å². The van der Waals surface area contributed by atoms with Crippen molar-refractivity contribution in [2.75, 3.05) is 50.6 Å². The van der Waals surface area contributed by atoms with Crippen molar-refractivity contribution in [3.63, 3.8) is 0 Å². The smallest absolute Gasteiger partial charge is 0.319 e. The van der Waals surface area contributed by atoms with Crippen LogP contribution in [-0.2, 0) is 4.74 Å². The van der Waals surface area contributed by atoms with Crippen LogP contribution in [0, 0.1) is 24.1 Å². The number of rotatable bonds is 5. The van der Waals surface area contributed by atoms with Gasteiger partial charge in [-0.25, -0.2) is 4.39 Å². The number of aromatic nitrogens is 3. The Morgan fingerprint density at radius 1 is 1.26 bits per heavy atom. The Morgan fingerprint density at radius 3 is 2.90 bits per heavy atom. The molecule has 11 heteroatoms. The minimum absolute atomic E-state index is 0.0158. The molecule has 2 aliphatic heterocycles. The summed E-state index contributed by atoms with van der Waals surface area (Å²) in [7, 11) is 2.07. The van der Waals surface area contributed by atoms with Crippen LogP contribution in [0.5, 0.6) is 6.01 Å². The minimum atomic E-state index is -0.630. The SMILES string of the molecule is C#Cc1c(Cl)ccc2cc(N)cc(-c3ncc4c(N5CCOC[C@@H]6[C@@H](Cl)[C@@H]65)nc(OC[C@@H]5CCCN5C)nc4c3F)c12. The van der Waals surface area contributed by atoms with Gasteiger partial charge in [0.05, 0.1) is 40.6 Å². The van der Waals surface area contributed by atoms with Crippen LogP contribution >= 0.6 is 23.2 Å². The zero-order valence-corrected chi connectivity index (χ0v) is 24.5. The molecule has 4 aromatic rings. The van der Waals surface area contributed by atoms with E-state index in [1.807, 2.05) is 0 Å². The lowest BCUT2D eigenvalue weighted by molar-refractivity contribution is 0.139. The largest absolute Gasteiger partial charge is 0.462 e. The molecule has 4 heterocycles. The number of pyridine rings is 1. The summed E-state index contributed by atoms with van der Waals surface area (Å²) < 4.78 is 28.7. The van der Waals surface area contributed by atoms with Gasteiger partial charge in [-0.3, -0.25) is 4.98 Å². The quantitative estimate of drug-likeness (QED) is 0.190. The maximum atomic E-state index is 16.7.